The molecule has 0 aliphatic rings. The Morgan fingerprint density at radius 2 is 1.62 bits per heavy atom. The number of hydrazone groups is 1. The van der Waals surface area contributed by atoms with Gasteiger partial charge < -0.3 is 0 Å². The van der Waals surface area contributed by atoms with Gasteiger partial charge in [-0.2, -0.15) is 5.10 Å². The number of nitrogens with zero attached hydrogens (tertiary/aromatic N) is 1. The largest absolute Gasteiger partial charge is 0.272 e. The molecule has 21 heavy (non-hydrogen) atoms. The molecule has 1 N–H and O–H groups in total. The van der Waals surface area contributed by atoms with Crippen molar-refractivity contribution >= 4 is 35.1 Å². The van der Waals surface area contributed by atoms with Crippen molar-refractivity contribution in [2.75, 3.05) is 5.43 Å². The molecular formula is C13H6Cl2F4N2. The maximum Gasteiger partial charge on any atom is 0.186 e. The van der Waals surface area contributed by atoms with Crippen LogP contribution in [-0.4, -0.2) is 6.21 Å². The standard InChI is InChI=1S/C13H6Cl2F4N2/c14-7-3-1-2-6(10(7)15)5-20-21-13-11(18)8(16)4-9(17)12(13)19/h1-5,21H. The van der Waals surface area contributed by atoms with Crippen molar-refractivity contribution < 1.29 is 17.6 Å². The van der Waals surface area contributed by atoms with Gasteiger partial charge >= 0.3 is 0 Å². The third kappa shape index (κ3) is 3.28. The van der Waals surface area contributed by atoms with Gasteiger partial charge in [-0.05, 0) is 6.07 Å². The van der Waals surface area contributed by atoms with E-state index in [1.807, 2.05) is 5.43 Å². The third-order valence-electron chi connectivity index (χ3n) is 2.47. The monoisotopic (exact) mass is 336 g/mol. The molecule has 0 saturated heterocycles. The summed E-state index contributed by atoms with van der Waals surface area (Å²) in [6, 6.07) is 4.76. The summed E-state index contributed by atoms with van der Waals surface area (Å²) < 4.78 is 52.6. The van der Waals surface area contributed by atoms with Gasteiger partial charge in [0.05, 0.1) is 16.3 Å². The van der Waals surface area contributed by atoms with E-state index in [-0.39, 0.29) is 16.1 Å². The van der Waals surface area contributed by atoms with Gasteiger partial charge in [0.2, 0.25) is 0 Å². The average Bonchev–Trinajstić information content (AvgIpc) is 2.45. The van der Waals surface area contributed by atoms with Crippen LogP contribution in [-0.2, 0) is 0 Å². The molecule has 0 unspecified atom stereocenters. The fourth-order valence-electron chi connectivity index (χ4n) is 1.46. The van der Waals surface area contributed by atoms with Crippen molar-refractivity contribution in [1.29, 1.82) is 0 Å². The molecule has 0 aliphatic carbocycles. The van der Waals surface area contributed by atoms with Gasteiger partial charge in [-0.15, -0.1) is 0 Å². The lowest BCUT2D eigenvalue weighted by Gasteiger charge is -2.06. The number of anilines is 1. The summed E-state index contributed by atoms with van der Waals surface area (Å²) in [5.74, 6) is -6.23. The van der Waals surface area contributed by atoms with E-state index in [2.05, 4.69) is 5.10 Å². The first-order valence-corrected chi connectivity index (χ1v) is 6.23. The zero-order valence-electron chi connectivity index (χ0n) is 10.1. The van der Waals surface area contributed by atoms with Crippen LogP contribution in [0.4, 0.5) is 23.2 Å². The van der Waals surface area contributed by atoms with Crippen LogP contribution in [0.3, 0.4) is 0 Å². The van der Waals surface area contributed by atoms with Crippen molar-refractivity contribution in [2.24, 2.45) is 5.10 Å². The first kappa shape index (κ1) is 15.6. The first-order chi connectivity index (χ1) is 9.91. The predicted molar refractivity (Wildman–Crippen MR) is 74.0 cm³/mol. The molecule has 2 nitrogen and oxygen atoms in total. The van der Waals surface area contributed by atoms with Gasteiger partial charge in [-0.1, -0.05) is 35.3 Å². The van der Waals surface area contributed by atoms with E-state index in [0.717, 1.165) is 6.21 Å². The van der Waals surface area contributed by atoms with E-state index in [4.69, 9.17) is 23.2 Å². The molecule has 0 aliphatic heterocycles. The highest BCUT2D eigenvalue weighted by molar-refractivity contribution is 6.43. The fourth-order valence-corrected chi connectivity index (χ4v) is 1.81. The van der Waals surface area contributed by atoms with Gasteiger partial charge in [-0.3, -0.25) is 5.43 Å². The van der Waals surface area contributed by atoms with E-state index in [9.17, 15) is 17.6 Å². The Morgan fingerprint density at radius 1 is 1.00 bits per heavy atom. The zero-order chi connectivity index (χ0) is 15.6. The number of nitrogens with one attached hydrogen (secondary N) is 1. The Bertz CT molecular complexity index is 694. The molecule has 0 saturated carbocycles. The van der Waals surface area contributed by atoms with Gasteiger partial charge in [0.1, 0.15) is 5.69 Å². The topological polar surface area (TPSA) is 24.4 Å². The molecule has 0 spiro atoms. The second-order valence-electron chi connectivity index (χ2n) is 3.86. The van der Waals surface area contributed by atoms with Crippen molar-refractivity contribution in [3.8, 4) is 0 Å². The highest BCUT2D eigenvalue weighted by Crippen LogP contribution is 2.25. The zero-order valence-corrected chi connectivity index (χ0v) is 11.6. The van der Waals surface area contributed by atoms with Crippen LogP contribution in [0.1, 0.15) is 5.56 Å². The summed E-state index contributed by atoms with van der Waals surface area (Å²) in [6.45, 7) is 0. The van der Waals surface area contributed by atoms with Crippen molar-refractivity contribution in [2.45, 2.75) is 0 Å². The molecule has 110 valence electrons. The number of halogens is 6. The Morgan fingerprint density at radius 3 is 2.24 bits per heavy atom. The van der Waals surface area contributed by atoms with Crippen LogP contribution < -0.4 is 5.43 Å². The summed E-state index contributed by atoms with van der Waals surface area (Å²) in [4.78, 5) is 0. The summed E-state index contributed by atoms with van der Waals surface area (Å²) in [6.07, 6.45) is 1.11. The average molecular weight is 337 g/mol. The van der Waals surface area contributed by atoms with Crippen LogP contribution in [0.25, 0.3) is 0 Å². The molecule has 0 aromatic heterocycles. The minimum atomic E-state index is -1.58. The number of hydrogen-bond acceptors (Lipinski definition) is 2. The quantitative estimate of drug-likeness (QED) is 0.363. The van der Waals surface area contributed by atoms with Gasteiger partial charge in [0.15, 0.2) is 23.3 Å². The highest BCUT2D eigenvalue weighted by atomic mass is 35.5. The van der Waals surface area contributed by atoms with E-state index >= 15 is 0 Å². The van der Waals surface area contributed by atoms with Crippen molar-refractivity contribution in [3.63, 3.8) is 0 Å². The van der Waals surface area contributed by atoms with E-state index in [0.29, 0.717) is 5.56 Å². The van der Waals surface area contributed by atoms with Crippen LogP contribution in [0.2, 0.25) is 10.0 Å². The smallest absolute Gasteiger partial charge is 0.186 e. The van der Waals surface area contributed by atoms with Crippen LogP contribution in [0.5, 0.6) is 0 Å². The molecule has 8 heteroatoms. The minimum absolute atomic E-state index is 0.105. The lowest BCUT2D eigenvalue weighted by Crippen LogP contribution is -2.02. The normalized spacial score (nSPS) is 11.1. The summed E-state index contributed by atoms with van der Waals surface area (Å²) in [5, 5.41) is 3.92. The van der Waals surface area contributed by atoms with Crippen molar-refractivity contribution in [1.82, 2.24) is 0 Å². The maximum atomic E-state index is 13.3. The molecule has 0 bridgehead atoms. The van der Waals surface area contributed by atoms with Crippen LogP contribution in [0, 0.1) is 23.3 Å². The predicted octanol–water partition coefficient (Wildman–Crippen LogP) is 5.00. The fraction of sp³-hybridized carbons (Fsp3) is 0. The molecule has 0 amide bonds. The molecule has 0 heterocycles. The Labute approximate surface area is 127 Å². The lowest BCUT2D eigenvalue weighted by molar-refractivity contribution is 0.458. The van der Waals surface area contributed by atoms with E-state index < -0.39 is 29.0 Å². The molecule has 2 rings (SSSR count). The molecule has 2 aromatic carbocycles. The summed E-state index contributed by atoms with van der Waals surface area (Å²) >= 11 is 11.6. The van der Waals surface area contributed by atoms with Crippen molar-refractivity contribution in [3.05, 3.63) is 63.1 Å². The maximum absolute atomic E-state index is 13.3. The van der Waals surface area contributed by atoms with Crippen LogP contribution in [0.15, 0.2) is 29.4 Å². The highest BCUT2D eigenvalue weighted by Gasteiger charge is 2.18. The van der Waals surface area contributed by atoms with Gasteiger partial charge in [0, 0.05) is 11.6 Å². The third-order valence-corrected chi connectivity index (χ3v) is 3.31. The Kier molecular flexibility index (Phi) is 4.69. The SMILES string of the molecule is Fc1cc(F)c(F)c(NN=Cc2cccc(Cl)c2Cl)c1F. The van der Waals surface area contributed by atoms with Crippen LogP contribution >= 0.6 is 23.2 Å². The Balaban J connectivity index is 2.28. The lowest BCUT2D eigenvalue weighted by atomic mass is 10.2. The van der Waals surface area contributed by atoms with E-state index in [1.54, 1.807) is 6.07 Å². The first-order valence-electron chi connectivity index (χ1n) is 5.48. The van der Waals surface area contributed by atoms with Gasteiger partial charge in [-0.25, -0.2) is 17.6 Å². The molecule has 0 fully saturated rings. The second kappa shape index (κ2) is 6.32. The number of rotatable bonds is 3. The molecule has 0 atom stereocenters. The molecular weight excluding hydrogens is 331 g/mol. The van der Waals surface area contributed by atoms with Gasteiger partial charge in [0.25, 0.3) is 0 Å². The number of hydrogen-bond donors (Lipinski definition) is 1. The number of benzene rings is 2. The molecule has 2 aromatic rings. The summed E-state index contributed by atoms with van der Waals surface area (Å²) in [5.41, 5.74) is 1.21. The minimum Gasteiger partial charge on any atom is -0.272 e. The molecule has 0 radical (unpaired) electrons. The second-order valence-corrected chi connectivity index (χ2v) is 4.64. The van der Waals surface area contributed by atoms with E-state index in [1.165, 1.54) is 12.1 Å². The Hall–Kier alpha value is -1.79. The summed E-state index contributed by atoms with van der Waals surface area (Å²) in [7, 11) is 0.